The van der Waals surface area contributed by atoms with E-state index in [1.807, 2.05) is 42.5 Å². The van der Waals surface area contributed by atoms with Gasteiger partial charge in [0.2, 0.25) is 0 Å². The predicted molar refractivity (Wildman–Crippen MR) is 94.2 cm³/mol. The van der Waals surface area contributed by atoms with E-state index < -0.39 is 5.41 Å². The van der Waals surface area contributed by atoms with Crippen LogP contribution >= 0.6 is 0 Å². The zero-order valence-electron chi connectivity index (χ0n) is 13.1. The highest BCUT2D eigenvalue weighted by molar-refractivity contribution is 5.88. The lowest BCUT2D eigenvalue weighted by molar-refractivity contribution is 0.382. The summed E-state index contributed by atoms with van der Waals surface area (Å²) in [5.41, 5.74) is 11.5. The van der Waals surface area contributed by atoms with Crippen molar-refractivity contribution in [3.63, 3.8) is 0 Å². The second-order valence-corrected chi connectivity index (χ2v) is 6.12. The Bertz CT molecular complexity index is 1140. The van der Waals surface area contributed by atoms with Gasteiger partial charge in [-0.2, -0.15) is 5.26 Å². The molecule has 2 heterocycles. The van der Waals surface area contributed by atoms with Crippen molar-refractivity contribution in [1.29, 1.82) is 5.26 Å². The number of nitrogens with zero attached hydrogens (tertiary/aromatic N) is 3. The number of hydrogen-bond acceptors (Lipinski definition) is 5. The second kappa shape index (κ2) is 4.68. The molecule has 5 heteroatoms. The highest BCUT2D eigenvalue weighted by Gasteiger charge is 2.44. The largest absolute Gasteiger partial charge is 0.473 e. The lowest BCUT2D eigenvalue weighted by Crippen LogP contribution is -2.23. The Morgan fingerprint density at radius 2 is 1.76 bits per heavy atom. The Morgan fingerprint density at radius 1 is 1.04 bits per heavy atom. The lowest BCUT2D eigenvalue weighted by atomic mass is 9.80. The van der Waals surface area contributed by atoms with E-state index in [1.54, 1.807) is 18.6 Å². The van der Waals surface area contributed by atoms with Crippen LogP contribution < -0.4 is 5.73 Å². The van der Waals surface area contributed by atoms with Gasteiger partial charge in [0.15, 0.2) is 0 Å². The number of anilines is 1. The molecule has 0 amide bonds. The summed E-state index contributed by atoms with van der Waals surface area (Å²) in [6.07, 6.45) is 7.19. The molecule has 0 saturated carbocycles. The summed E-state index contributed by atoms with van der Waals surface area (Å²) in [5, 5.41) is 9.36. The third kappa shape index (κ3) is 1.71. The molecule has 118 valence electrons. The van der Waals surface area contributed by atoms with E-state index in [1.165, 1.54) is 0 Å². The fourth-order valence-electron chi connectivity index (χ4n) is 3.59. The second-order valence-electron chi connectivity index (χ2n) is 6.12. The van der Waals surface area contributed by atoms with Crippen molar-refractivity contribution in [2.45, 2.75) is 5.41 Å². The molecule has 2 aromatic carbocycles. The van der Waals surface area contributed by atoms with Crippen LogP contribution in [0.4, 0.5) is 5.69 Å². The molecule has 1 aliphatic carbocycles. The minimum Gasteiger partial charge on any atom is -0.473 e. The molecule has 0 unspecified atom stereocenters. The summed E-state index contributed by atoms with van der Waals surface area (Å²) in [7, 11) is 0. The zero-order chi connectivity index (χ0) is 17.0. The normalized spacial score (nSPS) is 15.6. The number of benzene rings is 2. The molecule has 3 aromatic rings. The van der Waals surface area contributed by atoms with E-state index in [4.69, 9.17) is 20.4 Å². The highest BCUT2D eigenvalue weighted by atomic mass is 16.5. The number of aromatic nitrogens is 2. The van der Waals surface area contributed by atoms with E-state index in [0.29, 0.717) is 11.3 Å². The topological polar surface area (TPSA) is 84.8 Å². The van der Waals surface area contributed by atoms with Gasteiger partial charge >= 0.3 is 0 Å². The summed E-state index contributed by atoms with van der Waals surface area (Å²) < 4.78 is 5.26. The van der Waals surface area contributed by atoms with Crippen molar-refractivity contribution in [3.05, 3.63) is 77.9 Å². The van der Waals surface area contributed by atoms with Crippen LogP contribution in [0.3, 0.4) is 0 Å². The van der Waals surface area contributed by atoms with Crippen molar-refractivity contribution in [1.82, 2.24) is 9.97 Å². The molecule has 0 atom stereocenters. The zero-order valence-corrected chi connectivity index (χ0v) is 13.1. The van der Waals surface area contributed by atoms with Crippen molar-refractivity contribution >= 4 is 16.7 Å². The Morgan fingerprint density at radius 3 is 2.48 bits per heavy atom. The monoisotopic (exact) mass is 324 g/mol. The summed E-state index contributed by atoms with van der Waals surface area (Å²) in [4.78, 5) is 9.72. The molecule has 1 aromatic heterocycles. The molecule has 25 heavy (non-hydrogen) atoms. The van der Waals surface area contributed by atoms with Crippen molar-refractivity contribution < 1.29 is 4.74 Å². The average Bonchev–Trinajstić information content (AvgIpc) is 2.89. The van der Waals surface area contributed by atoms with E-state index in [2.05, 4.69) is 6.07 Å². The quantitative estimate of drug-likeness (QED) is 0.641. The summed E-state index contributed by atoms with van der Waals surface area (Å²) in [6.45, 7) is 0. The molecule has 1 aliphatic heterocycles. The van der Waals surface area contributed by atoms with Crippen molar-refractivity contribution in [2.24, 2.45) is 0 Å². The van der Waals surface area contributed by atoms with Gasteiger partial charge in [-0.15, -0.1) is 0 Å². The smallest absolute Gasteiger partial charge is 0.101 e. The third-order valence-electron chi connectivity index (χ3n) is 4.79. The number of ether oxygens (including phenoxy) is 1. The number of allylic oxidation sites excluding steroid dienone is 2. The predicted octanol–water partition coefficient (Wildman–Crippen LogP) is 3.41. The Labute approximate surface area is 143 Å². The molecule has 0 bridgehead atoms. The number of hydrogen-bond donors (Lipinski definition) is 1. The van der Waals surface area contributed by atoms with Crippen LogP contribution in [0.5, 0.6) is 0 Å². The number of nitrogens with two attached hydrogens (primary N) is 1. The SMILES string of the molecule is N#Cc1cc2c(cc1N)C1(C=COC=C1)c1nc3ccccc3nc1-2. The van der Waals surface area contributed by atoms with Gasteiger partial charge in [-0.1, -0.05) is 12.1 Å². The van der Waals surface area contributed by atoms with Crippen LogP contribution in [0.15, 0.2) is 61.1 Å². The van der Waals surface area contributed by atoms with Crippen LogP contribution in [0, 0.1) is 11.3 Å². The van der Waals surface area contributed by atoms with Gasteiger partial charge in [-0.25, -0.2) is 9.97 Å². The molecular weight excluding hydrogens is 312 g/mol. The minimum atomic E-state index is -0.581. The Kier molecular flexibility index (Phi) is 2.58. The van der Waals surface area contributed by atoms with Gasteiger partial charge in [-0.05, 0) is 42.0 Å². The first-order valence-electron chi connectivity index (χ1n) is 7.85. The van der Waals surface area contributed by atoms with E-state index in [0.717, 1.165) is 33.5 Å². The standard InChI is InChI=1S/C20H12N4O/c21-11-12-9-13-14(10-15(12)22)20(5-7-25-8-6-20)19-18(13)23-16-3-1-2-4-17(16)24-19/h1-10H,22H2. The molecule has 5 nitrogen and oxygen atoms in total. The number of para-hydroxylation sites is 2. The maximum atomic E-state index is 9.36. The van der Waals surface area contributed by atoms with Crippen LogP contribution in [0.25, 0.3) is 22.3 Å². The Balaban J connectivity index is 1.94. The minimum absolute atomic E-state index is 0.441. The molecule has 0 fully saturated rings. The van der Waals surface area contributed by atoms with E-state index in [-0.39, 0.29) is 0 Å². The van der Waals surface area contributed by atoms with E-state index in [9.17, 15) is 5.26 Å². The summed E-state index contributed by atoms with van der Waals surface area (Å²) in [6, 6.07) is 13.6. The number of fused-ring (bicyclic) bond motifs is 6. The third-order valence-corrected chi connectivity index (χ3v) is 4.79. The van der Waals surface area contributed by atoms with Gasteiger partial charge in [0.05, 0.1) is 45.9 Å². The number of rotatable bonds is 0. The molecule has 5 rings (SSSR count). The average molecular weight is 324 g/mol. The number of nitrogen functional groups attached to an aromatic ring is 1. The van der Waals surface area contributed by atoms with Crippen LogP contribution in [0.1, 0.15) is 16.8 Å². The molecule has 2 N–H and O–H groups in total. The lowest BCUT2D eigenvalue weighted by Gasteiger charge is -2.25. The molecular formula is C20H12N4O. The van der Waals surface area contributed by atoms with E-state index >= 15 is 0 Å². The molecule has 2 aliphatic rings. The van der Waals surface area contributed by atoms with Crippen LogP contribution in [-0.4, -0.2) is 9.97 Å². The molecule has 0 saturated heterocycles. The first kappa shape index (κ1) is 13.8. The van der Waals surface area contributed by atoms with Crippen molar-refractivity contribution in [2.75, 3.05) is 5.73 Å². The summed E-state index contributed by atoms with van der Waals surface area (Å²) in [5.74, 6) is 0. The first-order chi connectivity index (χ1) is 12.2. The van der Waals surface area contributed by atoms with Crippen LogP contribution in [-0.2, 0) is 10.2 Å². The van der Waals surface area contributed by atoms with Gasteiger partial charge in [0.25, 0.3) is 0 Å². The molecule has 0 radical (unpaired) electrons. The van der Waals surface area contributed by atoms with Gasteiger partial charge in [0, 0.05) is 11.3 Å². The fourth-order valence-corrected chi connectivity index (χ4v) is 3.59. The first-order valence-corrected chi connectivity index (χ1v) is 7.85. The van der Waals surface area contributed by atoms with Crippen molar-refractivity contribution in [3.8, 4) is 17.3 Å². The fraction of sp³-hybridized carbons (Fsp3) is 0.0500. The van der Waals surface area contributed by atoms with Crippen LogP contribution in [0.2, 0.25) is 0 Å². The maximum absolute atomic E-state index is 9.36. The number of nitriles is 1. The van der Waals surface area contributed by atoms with Gasteiger partial charge < -0.3 is 10.5 Å². The molecule has 1 spiro atoms. The highest BCUT2D eigenvalue weighted by Crippen LogP contribution is 2.51. The van der Waals surface area contributed by atoms with Gasteiger partial charge in [-0.3, -0.25) is 0 Å². The summed E-state index contributed by atoms with van der Waals surface area (Å²) >= 11 is 0. The van der Waals surface area contributed by atoms with Gasteiger partial charge in [0.1, 0.15) is 6.07 Å². The maximum Gasteiger partial charge on any atom is 0.101 e. The Hall–Kier alpha value is -3.65.